The van der Waals surface area contributed by atoms with Crippen molar-refractivity contribution in [2.45, 2.75) is 13.2 Å². The van der Waals surface area contributed by atoms with Gasteiger partial charge in [-0.1, -0.05) is 65.8 Å². The zero-order chi connectivity index (χ0) is 16.5. The molecule has 0 aliphatic heterocycles. The Bertz CT molecular complexity index is 753. The highest BCUT2D eigenvalue weighted by Gasteiger charge is 1.96. The molecule has 0 amide bonds. The standard InChI is InChI=1S/C21H19NO2/c1-3-7-19(8-4-1)16-23-21-13-11-18(12-14-21)15-22-24-17-20-9-5-2-6-10-20/h1-15H,16-17H2. The van der Waals surface area contributed by atoms with Crippen molar-refractivity contribution in [1.82, 2.24) is 0 Å². The molecule has 0 fully saturated rings. The summed E-state index contributed by atoms with van der Waals surface area (Å²) in [6.45, 7) is 1.03. The molecule has 0 spiro atoms. The number of nitrogens with zero attached hydrogens (tertiary/aromatic N) is 1. The van der Waals surface area contributed by atoms with Crippen LogP contribution in [0.2, 0.25) is 0 Å². The highest BCUT2D eigenvalue weighted by Crippen LogP contribution is 2.13. The minimum absolute atomic E-state index is 0.468. The zero-order valence-electron chi connectivity index (χ0n) is 13.3. The van der Waals surface area contributed by atoms with Crippen LogP contribution in [0.25, 0.3) is 0 Å². The quantitative estimate of drug-likeness (QED) is 0.462. The number of oxime groups is 1. The molecule has 0 atom stereocenters. The molecule has 0 saturated heterocycles. The van der Waals surface area contributed by atoms with Gasteiger partial charge in [0.15, 0.2) is 0 Å². The predicted molar refractivity (Wildman–Crippen MR) is 96.0 cm³/mol. The molecular weight excluding hydrogens is 298 g/mol. The van der Waals surface area contributed by atoms with E-state index in [1.54, 1.807) is 6.21 Å². The second-order valence-corrected chi connectivity index (χ2v) is 5.34. The number of hydrogen-bond donors (Lipinski definition) is 0. The van der Waals surface area contributed by atoms with E-state index in [1.807, 2.05) is 84.9 Å². The molecule has 0 aromatic heterocycles. The van der Waals surface area contributed by atoms with Crippen LogP contribution in [-0.2, 0) is 18.1 Å². The molecule has 3 nitrogen and oxygen atoms in total. The van der Waals surface area contributed by atoms with Gasteiger partial charge in [0.25, 0.3) is 0 Å². The summed E-state index contributed by atoms with van der Waals surface area (Å²) in [5.74, 6) is 0.834. The van der Waals surface area contributed by atoms with E-state index >= 15 is 0 Å². The molecule has 3 rings (SSSR count). The van der Waals surface area contributed by atoms with E-state index < -0.39 is 0 Å². The second kappa shape index (κ2) is 8.53. The number of rotatable bonds is 7. The molecule has 3 aromatic carbocycles. The van der Waals surface area contributed by atoms with Crippen molar-refractivity contribution < 1.29 is 9.57 Å². The van der Waals surface area contributed by atoms with Crippen LogP contribution in [0.3, 0.4) is 0 Å². The first kappa shape index (κ1) is 15.8. The van der Waals surface area contributed by atoms with Crippen molar-refractivity contribution in [3.8, 4) is 5.75 Å². The lowest BCUT2D eigenvalue weighted by molar-refractivity contribution is 0.132. The van der Waals surface area contributed by atoms with Crippen LogP contribution in [0, 0.1) is 0 Å². The van der Waals surface area contributed by atoms with Gasteiger partial charge in [-0.2, -0.15) is 0 Å². The van der Waals surface area contributed by atoms with Gasteiger partial charge in [-0.3, -0.25) is 0 Å². The van der Waals surface area contributed by atoms with E-state index in [0.29, 0.717) is 13.2 Å². The summed E-state index contributed by atoms with van der Waals surface area (Å²) in [5.41, 5.74) is 3.21. The highest BCUT2D eigenvalue weighted by molar-refractivity contribution is 5.79. The van der Waals surface area contributed by atoms with Gasteiger partial charge in [0.2, 0.25) is 0 Å². The van der Waals surface area contributed by atoms with Gasteiger partial charge < -0.3 is 9.57 Å². The maximum atomic E-state index is 5.75. The molecular formula is C21H19NO2. The van der Waals surface area contributed by atoms with Gasteiger partial charge in [-0.15, -0.1) is 0 Å². The Kier molecular flexibility index (Phi) is 5.62. The van der Waals surface area contributed by atoms with Crippen LogP contribution in [0.1, 0.15) is 16.7 Å². The van der Waals surface area contributed by atoms with Gasteiger partial charge in [0, 0.05) is 0 Å². The molecule has 0 aliphatic rings. The van der Waals surface area contributed by atoms with Crippen LogP contribution < -0.4 is 4.74 Å². The molecule has 0 radical (unpaired) electrons. The van der Waals surface area contributed by atoms with Crippen molar-refractivity contribution in [3.05, 3.63) is 102 Å². The van der Waals surface area contributed by atoms with Gasteiger partial charge >= 0.3 is 0 Å². The summed E-state index contributed by atoms with van der Waals surface area (Å²) >= 11 is 0. The molecule has 0 unspecified atom stereocenters. The minimum Gasteiger partial charge on any atom is -0.489 e. The fourth-order valence-electron chi connectivity index (χ4n) is 2.18. The van der Waals surface area contributed by atoms with Crippen molar-refractivity contribution in [2.24, 2.45) is 5.16 Å². The summed E-state index contributed by atoms with van der Waals surface area (Å²) in [6, 6.07) is 27.8. The van der Waals surface area contributed by atoms with E-state index in [1.165, 1.54) is 0 Å². The molecule has 3 heteroatoms. The molecule has 0 N–H and O–H groups in total. The summed E-state index contributed by atoms with van der Waals surface area (Å²) in [6.07, 6.45) is 1.70. The second-order valence-electron chi connectivity index (χ2n) is 5.34. The molecule has 24 heavy (non-hydrogen) atoms. The van der Waals surface area contributed by atoms with Crippen LogP contribution in [0.15, 0.2) is 90.1 Å². The summed E-state index contributed by atoms with van der Waals surface area (Å²) < 4.78 is 5.75. The Morgan fingerprint density at radius 3 is 1.88 bits per heavy atom. The Labute approximate surface area is 142 Å². The Balaban J connectivity index is 1.46. The largest absolute Gasteiger partial charge is 0.489 e. The fourth-order valence-corrected chi connectivity index (χ4v) is 2.18. The van der Waals surface area contributed by atoms with Crippen LogP contribution in [0.4, 0.5) is 0 Å². The first-order valence-electron chi connectivity index (χ1n) is 7.86. The van der Waals surface area contributed by atoms with E-state index in [4.69, 9.17) is 9.57 Å². The lowest BCUT2D eigenvalue weighted by Gasteiger charge is -2.06. The normalized spacial score (nSPS) is 10.7. The fraction of sp³-hybridized carbons (Fsp3) is 0.0952. The predicted octanol–water partition coefficient (Wildman–Crippen LogP) is 4.82. The first-order valence-corrected chi connectivity index (χ1v) is 7.86. The third kappa shape index (κ3) is 4.99. The maximum Gasteiger partial charge on any atom is 0.142 e. The summed E-state index contributed by atoms with van der Waals surface area (Å²) in [7, 11) is 0. The Hall–Kier alpha value is -3.07. The molecule has 3 aromatic rings. The van der Waals surface area contributed by atoms with E-state index in [0.717, 1.165) is 22.4 Å². The summed E-state index contributed by atoms with van der Waals surface area (Å²) in [4.78, 5) is 5.30. The first-order chi connectivity index (χ1) is 11.9. The van der Waals surface area contributed by atoms with E-state index in [-0.39, 0.29) is 0 Å². The number of ether oxygens (including phenoxy) is 1. The van der Waals surface area contributed by atoms with Crippen molar-refractivity contribution in [2.75, 3.05) is 0 Å². The third-order valence-electron chi connectivity index (χ3n) is 3.48. The van der Waals surface area contributed by atoms with Gasteiger partial charge in [0.1, 0.15) is 19.0 Å². The SMILES string of the molecule is C(=NOCc1ccccc1)c1ccc(OCc2ccccc2)cc1. The van der Waals surface area contributed by atoms with Crippen LogP contribution in [-0.4, -0.2) is 6.21 Å². The Morgan fingerprint density at radius 1 is 0.667 bits per heavy atom. The number of benzene rings is 3. The lowest BCUT2D eigenvalue weighted by Crippen LogP contribution is -1.95. The lowest BCUT2D eigenvalue weighted by atomic mass is 10.2. The third-order valence-corrected chi connectivity index (χ3v) is 3.48. The van der Waals surface area contributed by atoms with Crippen molar-refractivity contribution in [1.29, 1.82) is 0 Å². The molecule has 0 saturated carbocycles. The Morgan fingerprint density at radius 2 is 1.25 bits per heavy atom. The maximum absolute atomic E-state index is 5.75. The van der Waals surface area contributed by atoms with Gasteiger partial charge in [-0.25, -0.2) is 0 Å². The van der Waals surface area contributed by atoms with Gasteiger partial charge in [0.05, 0.1) is 6.21 Å². The van der Waals surface area contributed by atoms with Crippen LogP contribution in [0.5, 0.6) is 5.75 Å². The van der Waals surface area contributed by atoms with Gasteiger partial charge in [-0.05, 0) is 41.0 Å². The molecule has 0 bridgehead atoms. The average Bonchev–Trinajstić information content (AvgIpc) is 2.66. The average molecular weight is 317 g/mol. The topological polar surface area (TPSA) is 30.8 Å². The minimum atomic E-state index is 0.468. The molecule has 0 heterocycles. The molecule has 120 valence electrons. The molecule has 0 aliphatic carbocycles. The van der Waals surface area contributed by atoms with Crippen molar-refractivity contribution in [3.63, 3.8) is 0 Å². The highest BCUT2D eigenvalue weighted by atomic mass is 16.6. The van der Waals surface area contributed by atoms with E-state index in [2.05, 4.69) is 5.16 Å². The smallest absolute Gasteiger partial charge is 0.142 e. The number of hydrogen-bond acceptors (Lipinski definition) is 3. The van der Waals surface area contributed by atoms with E-state index in [9.17, 15) is 0 Å². The zero-order valence-corrected chi connectivity index (χ0v) is 13.3. The monoisotopic (exact) mass is 317 g/mol. The van der Waals surface area contributed by atoms with Crippen molar-refractivity contribution >= 4 is 6.21 Å². The summed E-state index contributed by atoms with van der Waals surface area (Å²) in [5, 5.41) is 3.99. The van der Waals surface area contributed by atoms with Crippen LogP contribution >= 0.6 is 0 Å².